The molecule has 1 amide bonds. The number of amides is 1. The van der Waals surface area contributed by atoms with Gasteiger partial charge in [0.2, 0.25) is 5.91 Å². The summed E-state index contributed by atoms with van der Waals surface area (Å²) >= 11 is 0. The first-order valence-electron chi connectivity index (χ1n) is 9.92. The first kappa shape index (κ1) is 22.3. The van der Waals surface area contributed by atoms with Gasteiger partial charge in [-0.1, -0.05) is 18.2 Å². The van der Waals surface area contributed by atoms with Gasteiger partial charge in [0.1, 0.15) is 11.7 Å². The van der Waals surface area contributed by atoms with E-state index in [1.54, 1.807) is 44.2 Å². The molecule has 4 rings (SSSR count). The number of nitrogens with one attached hydrogen (secondary N) is 1. The maximum atomic E-state index is 14.0. The summed E-state index contributed by atoms with van der Waals surface area (Å²) in [5.74, 6) is -7.63. The van der Waals surface area contributed by atoms with Crippen molar-refractivity contribution in [2.75, 3.05) is 5.32 Å². The fraction of sp³-hybridized carbons (Fsp3) is 0.174. The molecule has 0 fully saturated rings. The minimum atomic E-state index is -1.71. The molecule has 0 spiro atoms. The number of hydrogen-bond donors (Lipinski definition) is 1. The molecule has 0 aliphatic carbocycles. The summed E-state index contributed by atoms with van der Waals surface area (Å²) in [7, 11) is 0. The second-order valence-electron chi connectivity index (χ2n) is 7.53. The summed E-state index contributed by atoms with van der Waals surface area (Å²) in [6.07, 6.45) is 1.49. The van der Waals surface area contributed by atoms with Crippen LogP contribution in [0.2, 0.25) is 0 Å². The standard InChI is InChI=1S/C23H18F4N4O2/c1-11-15-10-28-31(14-7-5-4-6-8-14)23(33)18(15)12(2)30(11)13(3)22(32)29-21-19(26)16(24)9-17(25)20(21)27/h4-10,13H,1-3H3,(H,29,32)/t13-/m0/s1. The summed E-state index contributed by atoms with van der Waals surface area (Å²) in [4.78, 5) is 26.0. The van der Waals surface area contributed by atoms with E-state index in [2.05, 4.69) is 5.10 Å². The average Bonchev–Trinajstić information content (AvgIpc) is 3.06. The molecule has 0 radical (unpaired) electrons. The Kier molecular flexibility index (Phi) is 5.52. The Morgan fingerprint density at radius 3 is 2.21 bits per heavy atom. The highest BCUT2D eigenvalue weighted by atomic mass is 19.2. The van der Waals surface area contributed by atoms with Gasteiger partial charge in [0.05, 0.1) is 17.3 Å². The van der Waals surface area contributed by atoms with E-state index in [0.717, 1.165) is 0 Å². The molecule has 0 unspecified atom stereocenters. The van der Waals surface area contributed by atoms with Crippen LogP contribution in [0, 0.1) is 37.1 Å². The van der Waals surface area contributed by atoms with Gasteiger partial charge in [-0.3, -0.25) is 9.59 Å². The minimum Gasteiger partial charge on any atom is -0.336 e. The Balaban J connectivity index is 1.78. The summed E-state index contributed by atoms with van der Waals surface area (Å²) in [6.45, 7) is 4.72. The number of benzene rings is 2. The number of hydrogen-bond acceptors (Lipinski definition) is 3. The Bertz CT molecular complexity index is 1440. The smallest absolute Gasteiger partial charge is 0.281 e. The van der Waals surface area contributed by atoms with Crippen molar-refractivity contribution in [2.45, 2.75) is 26.8 Å². The van der Waals surface area contributed by atoms with E-state index < -0.39 is 46.5 Å². The second kappa shape index (κ2) is 8.19. The number of aromatic nitrogens is 3. The Hall–Kier alpha value is -3.95. The number of carbonyl (C=O) groups excluding carboxylic acids is 1. The van der Waals surface area contributed by atoms with E-state index in [9.17, 15) is 27.2 Å². The van der Waals surface area contributed by atoms with Crippen molar-refractivity contribution in [3.05, 3.63) is 87.6 Å². The predicted octanol–water partition coefficient (Wildman–Crippen LogP) is 4.56. The molecule has 1 N–H and O–H groups in total. The fourth-order valence-electron chi connectivity index (χ4n) is 3.94. The number of anilines is 1. The molecule has 2 aromatic heterocycles. The van der Waals surface area contributed by atoms with E-state index in [0.29, 0.717) is 27.8 Å². The number of rotatable bonds is 4. The van der Waals surface area contributed by atoms with Crippen LogP contribution in [0.1, 0.15) is 24.4 Å². The fourth-order valence-corrected chi connectivity index (χ4v) is 3.94. The van der Waals surface area contributed by atoms with Gasteiger partial charge in [-0.25, -0.2) is 17.6 Å². The maximum absolute atomic E-state index is 14.0. The third kappa shape index (κ3) is 3.57. The lowest BCUT2D eigenvalue weighted by Crippen LogP contribution is -2.26. The molecular weight excluding hydrogens is 440 g/mol. The largest absolute Gasteiger partial charge is 0.336 e. The van der Waals surface area contributed by atoms with E-state index in [1.807, 2.05) is 5.32 Å². The Labute approximate surface area is 185 Å². The highest BCUT2D eigenvalue weighted by Crippen LogP contribution is 2.29. The van der Waals surface area contributed by atoms with Crippen LogP contribution in [0.25, 0.3) is 16.5 Å². The number of halogens is 4. The third-order valence-corrected chi connectivity index (χ3v) is 5.58. The van der Waals surface area contributed by atoms with Gasteiger partial charge in [0.25, 0.3) is 5.56 Å². The first-order valence-corrected chi connectivity index (χ1v) is 9.92. The number of nitrogens with zero attached hydrogens (tertiary/aromatic N) is 3. The van der Waals surface area contributed by atoms with E-state index in [1.165, 1.54) is 22.4 Å². The van der Waals surface area contributed by atoms with Crippen LogP contribution < -0.4 is 10.9 Å². The maximum Gasteiger partial charge on any atom is 0.281 e. The molecule has 0 saturated heterocycles. The SMILES string of the molecule is Cc1c2cnn(-c3ccccc3)c(=O)c2c(C)n1[C@@H](C)C(=O)Nc1c(F)c(F)cc(F)c1F. The van der Waals surface area contributed by atoms with Gasteiger partial charge in [-0.15, -0.1) is 0 Å². The van der Waals surface area contributed by atoms with Gasteiger partial charge in [0, 0.05) is 22.8 Å². The summed E-state index contributed by atoms with van der Waals surface area (Å²) < 4.78 is 57.7. The van der Waals surface area contributed by atoms with Crippen LogP contribution in [0.5, 0.6) is 0 Å². The van der Waals surface area contributed by atoms with E-state index in [4.69, 9.17) is 0 Å². The summed E-state index contributed by atoms with van der Waals surface area (Å²) in [5.41, 5.74) is -0.131. The Morgan fingerprint density at radius 2 is 1.61 bits per heavy atom. The molecule has 2 heterocycles. The van der Waals surface area contributed by atoms with Crippen LogP contribution in [-0.4, -0.2) is 20.3 Å². The number of aryl methyl sites for hydroxylation is 2. The molecule has 1 atom stereocenters. The third-order valence-electron chi connectivity index (χ3n) is 5.58. The summed E-state index contributed by atoms with van der Waals surface area (Å²) in [6, 6.07) is 7.74. The van der Waals surface area contributed by atoms with Crippen molar-refractivity contribution in [3.63, 3.8) is 0 Å². The zero-order chi connectivity index (χ0) is 24.0. The van der Waals surface area contributed by atoms with Crippen molar-refractivity contribution >= 4 is 22.4 Å². The van der Waals surface area contributed by atoms with E-state index in [-0.39, 0.29) is 6.07 Å². The molecule has 2 aromatic carbocycles. The van der Waals surface area contributed by atoms with Crippen LogP contribution in [-0.2, 0) is 4.79 Å². The van der Waals surface area contributed by atoms with Crippen molar-refractivity contribution < 1.29 is 22.4 Å². The molecule has 33 heavy (non-hydrogen) atoms. The van der Waals surface area contributed by atoms with Crippen LogP contribution in [0.15, 0.2) is 47.4 Å². The van der Waals surface area contributed by atoms with Gasteiger partial charge >= 0.3 is 0 Å². The topological polar surface area (TPSA) is 68.9 Å². The van der Waals surface area contributed by atoms with Crippen LogP contribution in [0.3, 0.4) is 0 Å². The molecule has 170 valence electrons. The van der Waals surface area contributed by atoms with Gasteiger partial charge in [-0.2, -0.15) is 9.78 Å². The number of para-hydroxylation sites is 1. The lowest BCUT2D eigenvalue weighted by molar-refractivity contribution is -0.118. The van der Waals surface area contributed by atoms with Crippen LogP contribution in [0.4, 0.5) is 23.2 Å². The molecule has 6 nitrogen and oxygen atoms in total. The van der Waals surface area contributed by atoms with Crippen molar-refractivity contribution in [1.29, 1.82) is 0 Å². The zero-order valence-electron chi connectivity index (χ0n) is 17.8. The molecule has 10 heteroatoms. The summed E-state index contributed by atoms with van der Waals surface area (Å²) in [5, 5.41) is 6.95. The zero-order valence-corrected chi connectivity index (χ0v) is 17.8. The second-order valence-corrected chi connectivity index (χ2v) is 7.53. The molecule has 4 aromatic rings. The van der Waals surface area contributed by atoms with Gasteiger partial charge in [0.15, 0.2) is 23.3 Å². The lowest BCUT2D eigenvalue weighted by Gasteiger charge is -2.18. The first-order chi connectivity index (χ1) is 15.6. The van der Waals surface area contributed by atoms with E-state index >= 15 is 0 Å². The molecule has 0 aliphatic heterocycles. The highest BCUT2D eigenvalue weighted by Gasteiger charge is 2.27. The van der Waals surface area contributed by atoms with Crippen molar-refractivity contribution in [1.82, 2.24) is 14.3 Å². The van der Waals surface area contributed by atoms with Crippen molar-refractivity contribution in [2.24, 2.45) is 0 Å². The monoisotopic (exact) mass is 458 g/mol. The quantitative estimate of drug-likeness (QED) is 0.360. The van der Waals surface area contributed by atoms with Crippen LogP contribution >= 0.6 is 0 Å². The predicted molar refractivity (Wildman–Crippen MR) is 114 cm³/mol. The number of fused-ring (bicyclic) bond motifs is 1. The lowest BCUT2D eigenvalue weighted by atomic mass is 10.2. The normalized spacial score (nSPS) is 12.2. The Morgan fingerprint density at radius 1 is 1.00 bits per heavy atom. The highest BCUT2D eigenvalue weighted by molar-refractivity contribution is 5.95. The number of carbonyl (C=O) groups is 1. The average molecular weight is 458 g/mol. The van der Waals surface area contributed by atoms with Crippen molar-refractivity contribution in [3.8, 4) is 5.69 Å². The minimum absolute atomic E-state index is 0.0570. The molecular formula is C23H18F4N4O2. The molecule has 0 saturated carbocycles. The molecule has 0 aliphatic rings. The molecule has 0 bridgehead atoms. The van der Waals surface area contributed by atoms with Gasteiger partial charge in [-0.05, 0) is 32.9 Å². The van der Waals surface area contributed by atoms with Gasteiger partial charge < -0.3 is 9.88 Å².